The van der Waals surface area contributed by atoms with Crippen LogP contribution in [0.5, 0.6) is 0 Å². The first-order valence-electron chi connectivity index (χ1n) is 4.35. The summed E-state index contributed by atoms with van der Waals surface area (Å²) in [5.41, 5.74) is 0. The number of hydrogen-bond acceptors (Lipinski definition) is 2. The van der Waals surface area contributed by atoms with E-state index >= 15 is 0 Å². The highest BCUT2D eigenvalue weighted by molar-refractivity contribution is 4.79. The van der Waals surface area contributed by atoms with Gasteiger partial charge in [0.25, 0.3) is 0 Å². The van der Waals surface area contributed by atoms with Gasteiger partial charge in [-0.2, -0.15) is 0 Å². The number of hydrogen-bond donors (Lipinski definition) is 2. The van der Waals surface area contributed by atoms with Gasteiger partial charge in [0.15, 0.2) is 0 Å². The van der Waals surface area contributed by atoms with E-state index < -0.39 is 0 Å². The van der Waals surface area contributed by atoms with Crippen LogP contribution >= 0.6 is 0 Å². The highest BCUT2D eigenvalue weighted by atomic mass is 16.3. The molecule has 2 N–H and O–H groups in total. The van der Waals surface area contributed by atoms with E-state index in [1.165, 1.54) is 0 Å². The van der Waals surface area contributed by atoms with Crippen molar-refractivity contribution in [3.63, 3.8) is 0 Å². The average Bonchev–Trinajstić information content (AvgIpc) is 2.04. The summed E-state index contributed by atoms with van der Waals surface area (Å²) < 4.78 is 0. The van der Waals surface area contributed by atoms with Gasteiger partial charge in [0.1, 0.15) is 0 Å². The third-order valence-electron chi connectivity index (χ3n) is 2.25. The van der Waals surface area contributed by atoms with Crippen molar-refractivity contribution in [2.45, 2.75) is 37.8 Å². The monoisotopic (exact) mass is 155 g/mol. The van der Waals surface area contributed by atoms with Crippen LogP contribution in [0.4, 0.5) is 0 Å². The zero-order chi connectivity index (χ0) is 8.10. The molecule has 0 aromatic carbocycles. The molecule has 2 nitrogen and oxygen atoms in total. The highest BCUT2D eigenvalue weighted by Crippen LogP contribution is 2.17. The smallest absolute Gasteiger partial charge is 0.0541 e. The van der Waals surface area contributed by atoms with E-state index in [1.807, 2.05) is 6.08 Å². The summed E-state index contributed by atoms with van der Waals surface area (Å²) in [5, 5.41) is 12.6. The second-order valence-corrected chi connectivity index (χ2v) is 3.20. The summed E-state index contributed by atoms with van der Waals surface area (Å²) in [4.78, 5) is 0. The van der Waals surface area contributed by atoms with Gasteiger partial charge < -0.3 is 10.4 Å². The number of rotatable bonds is 3. The molecule has 1 fully saturated rings. The van der Waals surface area contributed by atoms with E-state index in [-0.39, 0.29) is 6.10 Å². The quantitative estimate of drug-likeness (QED) is 0.597. The normalized spacial score (nSPS) is 31.7. The Kier molecular flexibility index (Phi) is 3.60. The fourth-order valence-corrected chi connectivity index (χ4v) is 1.53. The van der Waals surface area contributed by atoms with Crippen LogP contribution in [0.2, 0.25) is 0 Å². The summed E-state index contributed by atoms with van der Waals surface area (Å²) in [6.07, 6.45) is 5.95. The third-order valence-corrected chi connectivity index (χ3v) is 2.25. The summed E-state index contributed by atoms with van der Waals surface area (Å²) in [5.74, 6) is 0. The molecule has 0 atom stereocenters. The topological polar surface area (TPSA) is 32.3 Å². The van der Waals surface area contributed by atoms with Gasteiger partial charge in [-0.25, -0.2) is 0 Å². The van der Waals surface area contributed by atoms with E-state index in [0.29, 0.717) is 6.04 Å². The molecule has 0 saturated heterocycles. The summed E-state index contributed by atoms with van der Waals surface area (Å²) in [6, 6.07) is 0.608. The molecule has 0 aromatic heterocycles. The van der Waals surface area contributed by atoms with E-state index in [9.17, 15) is 5.11 Å². The van der Waals surface area contributed by atoms with Crippen molar-refractivity contribution in [3.05, 3.63) is 12.7 Å². The summed E-state index contributed by atoms with van der Waals surface area (Å²) >= 11 is 0. The van der Waals surface area contributed by atoms with Crippen LogP contribution in [0.1, 0.15) is 25.7 Å². The lowest BCUT2D eigenvalue weighted by atomic mass is 9.93. The lowest BCUT2D eigenvalue weighted by Gasteiger charge is -2.25. The first kappa shape index (κ1) is 8.75. The maximum atomic E-state index is 9.20. The van der Waals surface area contributed by atoms with Crippen LogP contribution in [-0.4, -0.2) is 23.8 Å². The minimum absolute atomic E-state index is 0.0446. The molecule has 0 amide bonds. The minimum atomic E-state index is -0.0446. The number of aliphatic hydroxyl groups excluding tert-OH is 1. The van der Waals surface area contributed by atoms with Crippen LogP contribution in [0, 0.1) is 0 Å². The predicted octanol–water partition coefficient (Wildman–Crippen LogP) is 1.07. The molecule has 2 heteroatoms. The largest absolute Gasteiger partial charge is 0.393 e. The predicted molar refractivity (Wildman–Crippen MR) is 46.5 cm³/mol. The molecule has 64 valence electrons. The van der Waals surface area contributed by atoms with E-state index in [4.69, 9.17) is 0 Å². The molecule has 0 spiro atoms. The standard InChI is InChI=1S/C9H17NO/c1-2-7-10-8-3-5-9(11)6-4-8/h2,8-11H,1,3-7H2/t8-,9-. The Morgan fingerprint density at radius 2 is 2.00 bits per heavy atom. The maximum Gasteiger partial charge on any atom is 0.0541 e. The van der Waals surface area contributed by atoms with Gasteiger partial charge in [-0.3, -0.25) is 0 Å². The van der Waals surface area contributed by atoms with Crippen LogP contribution in [0.25, 0.3) is 0 Å². The molecule has 1 saturated carbocycles. The molecule has 0 radical (unpaired) electrons. The van der Waals surface area contributed by atoms with Crippen molar-refractivity contribution in [1.29, 1.82) is 0 Å². The lowest BCUT2D eigenvalue weighted by Crippen LogP contribution is -2.34. The van der Waals surface area contributed by atoms with Crippen LogP contribution in [0.15, 0.2) is 12.7 Å². The molecular weight excluding hydrogens is 138 g/mol. The Labute approximate surface area is 68.3 Å². The first-order chi connectivity index (χ1) is 5.33. The van der Waals surface area contributed by atoms with Crippen molar-refractivity contribution >= 4 is 0 Å². The Balaban J connectivity index is 2.12. The van der Waals surface area contributed by atoms with E-state index in [1.54, 1.807) is 0 Å². The molecule has 11 heavy (non-hydrogen) atoms. The van der Waals surface area contributed by atoms with Crippen LogP contribution in [0.3, 0.4) is 0 Å². The number of nitrogens with one attached hydrogen (secondary N) is 1. The minimum Gasteiger partial charge on any atom is -0.393 e. The molecule has 1 aliphatic rings. The lowest BCUT2D eigenvalue weighted by molar-refractivity contribution is 0.117. The zero-order valence-corrected chi connectivity index (χ0v) is 6.92. The Morgan fingerprint density at radius 1 is 1.36 bits per heavy atom. The van der Waals surface area contributed by atoms with E-state index in [0.717, 1.165) is 32.2 Å². The molecule has 0 unspecified atom stereocenters. The summed E-state index contributed by atoms with van der Waals surface area (Å²) in [6.45, 7) is 4.54. The number of aliphatic hydroxyl groups is 1. The maximum absolute atomic E-state index is 9.20. The molecule has 0 aromatic rings. The van der Waals surface area contributed by atoms with Crippen LogP contribution in [-0.2, 0) is 0 Å². The van der Waals surface area contributed by atoms with Gasteiger partial charge in [0.2, 0.25) is 0 Å². The SMILES string of the molecule is C=CCN[C@H]1CC[C@H](O)CC1. The van der Waals surface area contributed by atoms with Gasteiger partial charge >= 0.3 is 0 Å². The van der Waals surface area contributed by atoms with Gasteiger partial charge in [0.05, 0.1) is 6.10 Å². The second-order valence-electron chi connectivity index (χ2n) is 3.20. The van der Waals surface area contributed by atoms with Crippen molar-refractivity contribution in [2.24, 2.45) is 0 Å². The van der Waals surface area contributed by atoms with Gasteiger partial charge in [-0.1, -0.05) is 6.08 Å². The Hall–Kier alpha value is -0.340. The molecule has 0 bridgehead atoms. The van der Waals surface area contributed by atoms with Crippen molar-refractivity contribution in [3.8, 4) is 0 Å². The molecular formula is C9H17NO. The molecule has 1 aliphatic carbocycles. The Bertz CT molecular complexity index is 117. The zero-order valence-electron chi connectivity index (χ0n) is 6.92. The fraction of sp³-hybridized carbons (Fsp3) is 0.778. The van der Waals surface area contributed by atoms with Crippen molar-refractivity contribution < 1.29 is 5.11 Å². The fourth-order valence-electron chi connectivity index (χ4n) is 1.53. The van der Waals surface area contributed by atoms with Gasteiger partial charge in [0, 0.05) is 12.6 Å². The first-order valence-corrected chi connectivity index (χ1v) is 4.35. The Morgan fingerprint density at radius 3 is 2.55 bits per heavy atom. The van der Waals surface area contributed by atoms with Crippen molar-refractivity contribution in [1.82, 2.24) is 5.32 Å². The van der Waals surface area contributed by atoms with Gasteiger partial charge in [-0.05, 0) is 25.7 Å². The highest BCUT2D eigenvalue weighted by Gasteiger charge is 2.17. The molecule has 1 rings (SSSR count). The van der Waals surface area contributed by atoms with E-state index in [2.05, 4.69) is 11.9 Å². The van der Waals surface area contributed by atoms with Crippen LogP contribution < -0.4 is 5.32 Å². The average molecular weight is 155 g/mol. The molecule has 0 aliphatic heterocycles. The third kappa shape index (κ3) is 3.04. The van der Waals surface area contributed by atoms with Crippen molar-refractivity contribution in [2.75, 3.05) is 6.54 Å². The molecule has 0 heterocycles. The summed E-state index contributed by atoms with van der Waals surface area (Å²) in [7, 11) is 0. The van der Waals surface area contributed by atoms with Gasteiger partial charge in [-0.15, -0.1) is 6.58 Å². The second kappa shape index (κ2) is 4.52.